The van der Waals surface area contributed by atoms with E-state index in [1.54, 1.807) is 38.2 Å². The number of hydrogen-bond donors (Lipinski definition) is 1. The second kappa shape index (κ2) is 7.96. The number of nitro benzene ring substituents is 1. The third-order valence-electron chi connectivity index (χ3n) is 4.48. The number of nitro groups is 1. The summed E-state index contributed by atoms with van der Waals surface area (Å²) in [7, 11) is 5.06. The van der Waals surface area contributed by atoms with Gasteiger partial charge in [-0.2, -0.15) is 0 Å². The summed E-state index contributed by atoms with van der Waals surface area (Å²) in [5.41, 5.74) is 1.54. The average Bonchev–Trinajstić information content (AvgIpc) is 2.70. The molecule has 3 rings (SSSR count). The van der Waals surface area contributed by atoms with Crippen molar-refractivity contribution in [2.75, 3.05) is 26.1 Å². The Morgan fingerprint density at radius 2 is 1.79 bits per heavy atom. The topological polar surface area (TPSA) is 84.7 Å². The highest BCUT2D eigenvalue weighted by molar-refractivity contribution is 5.95. The molecule has 1 amide bonds. The first-order valence-electron chi connectivity index (χ1n) is 8.69. The molecule has 1 N–H and O–H groups in total. The SMILES string of the molecule is COc1ccc2cc(CNC(=O)c3ccc(N(C)C)c([N+](=O)[O-])c3)ccc2c1. The third-order valence-corrected chi connectivity index (χ3v) is 4.48. The molecule has 0 heterocycles. The first kappa shape index (κ1) is 19.2. The van der Waals surface area contributed by atoms with E-state index in [0.717, 1.165) is 22.1 Å². The van der Waals surface area contributed by atoms with Crippen LogP contribution in [0, 0.1) is 10.1 Å². The lowest BCUT2D eigenvalue weighted by molar-refractivity contribution is -0.384. The predicted octanol–water partition coefficient (Wildman–Crippen LogP) is 3.75. The summed E-state index contributed by atoms with van der Waals surface area (Å²) in [5, 5.41) is 16.2. The van der Waals surface area contributed by atoms with E-state index in [2.05, 4.69) is 5.32 Å². The van der Waals surface area contributed by atoms with Crippen molar-refractivity contribution < 1.29 is 14.5 Å². The van der Waals surface area contributed by atoms with Gasteiger partial charge < -0.3 is 15.0 Å². The summed E-state index contributed by atoms with van der Waals surface area (Å²) in [6.07, 6.45) is 0. The number of nitrogens with zero attached hydrogens (tertiary/aromatic N) is 2. The minimum Gasteiger partial charge on any atom is -0.497 e. The summed E-state index contributed by atoms with van der Waals surface area (Å²) < 4.78 is 5.22. The fourth-order valence-corrected chi connectivity index (χ4v) is 2.98. The maximum atomic E-state index is 12.5. The summed E-state index contributed by atoms with van der Waals surface area (Å²) >= 11 is 0. The number of nitrogens with one attached hydrogen (secondary N) is 1. The van der Waals surface area contributed by atoms with Crippen LogP contribution in [0.5, 0.6) is 5.75 Å². The number of methoxy groups -OCH3 is 1. The van der Waals surface area contributed by atoms with Gasteiger partial charge in [-0.25, -0.2) is 0 Å². The van der Waals surface area contributed by atoms with Crippen molar-refractivity contribution >= 4 is 28.1 Å². The van der Waals surface area contributed by atoms with Gasteiger partial charge in [-0.3, -0.25) is 14.9 Å². The zero-order chi connectivity index (χ0) is 20.3. The minimum absolute atomic E-state index is 0.0997. The number of ether oxygens (including phenoxy) is 1. The second-order valence-corrected chi connectivity index (χ2v) is 6.59. The largest absolute Gasteiger partial charge is 0.497 e. The van der Waals surface area contributed by atoms with Crippen LogP contribution in [0.3, 0.4) is 0 Å². The third kappa shape index (κ3) is 4.03. The number of hydrogen-bond acceptors (Lipinski definition) is 5. The molecule has 7 heteroatoms. The standard InChI is InChI=1S/C21H21N3O4/c1-23(2)19-9-7-17(12-20(19)24(26)27)21(25)22-13-14-4-5-16-11-18(28-3)8-6-15(16)10-14/h4-12H,13H2,1-3H3,(H,22,25). The molecule has 0 saturated carbocycles. The van der Waals surface area contributed by atoms with Gasteiger partial charge in [0, 0.05) is 32.3 Å². The molecule has 0 aliphatic carbocycles. The molecule has 28 heavy (non-hydrogen) atoms. The van der Waals surface area contributed by atoms with Gasteiger partial charge in [0.1, 0.15) is 11.4 Å². The number of benzene rings is 3. The van der Waals surface area contributed by atoms with Gasteiger partial charge in [0.2, 0.25) is 0 Å². The van der Waals surface area contributed by atoms with Crippen LogP contribution in [0.15, 0.2) is 54.6 Å². The van der Waals surface area contributed by atoms with Crippen LogP contribution in [-0.4, -0.2) is 32.0 Å². The van der Waals surface area contributed by atoms with Crippen molar-refractivity contribution in [3.63, 3.8) is 0 Å². The van der Waals surface area contributed by atoms with Crippen molar-refractivity contribution in [2.24, 2.45) is 0 Å². The highest BCUT2D eigenvalue weighted by Crippen LogP contribution is 2.27. The van der Waals surface area contributed by atoms with E-state index in [-0.39, 0.29) is 17.2 Å². The molecule has 0 bridgehead atoms. The smallest absolute Gasteiger partial charge is 0.293 e. The second-order valence-electron chi connectivity index (χ2n) is 6.59. The Morgan fingerprint density at radius 3 is 2.46 bits per heavy atom. The number of anilines is 1. The molecule has 0 aromatic heterocycles. The number of carbonyl (C=O) groups is 1. The maximum Gasteiger partial charge on any atom is 0.293 e. The number of rotatable bonds is 6. The van der Waals surface area contributed by atoms with Crippen LogP contribution in [0.4, 0.5) is 11.4 Å². The van der Waals surface area contributed by atoms with Crippen LogP contribution >= 0.6 is 0 Å². The Morgan fingerprint density at radius 1 is 1.07 bits per heavy atom. The van der Waals surface area contributed by atoms with Gasteiger partial charge in [0.15, 0.2) is 0 Å². The summed E-state index contributed by atoms with van der Waals surface area (Å²) in [4.78, 5) is 24.9. The van der Waals surface area contributed by atoms with E-state index < -0.39 is 4.92 Å². The first-order chi connectivity index (χ1) is 13.4. The van der Waals surface area contributed by atoms with E-state index in [1.807, 2.05) is 36.4 Å². The summed E-state index contributed by atoms with van der Waals surface area (Å²) in [6.45, 7) is 0.323. The monoisotopic (exact) mass is 379 g/mol. The van der Waals surface area contributed by atoms with E-state index in [0.29, 0.717) is 12.2 Å². The molecule has 0 spiro atoms. The first-order valence-corrected chi connectivity index (χ1v) is 8.69. The van der Waals surface area contributed by atoms with Crippen LogP contribution in [-0.2, 0) is 6.54 Å². The molecule has 0 atom stereocenters. The zero-order valence-corrected chi connectivity index (χ0v) is 15.9. The normalized spacial score (nSPS) is 10.5. The van der Waals surface area contributed by atoms with Crippen molar-refractivity contribution in [3.8, 4) is 5.75 Å². The molecular weight excluding hydrogens is 358 g/mol. The van der Waals surface area contributed by atoms with Crippen LogP contribution in [0.25, 0.3) is 10.8 Å². The molecule has 3 aromatic rings. The van der Waals surface area contributed by atoms with Gasteiger partial charge in [-0.1, -0.05) is 18.2 Å². The van der Waals surface area contributed by atoms with Crippen molar-refractivity contribution in [1.29, 1.82) is 0 Å². The summed E-state index contributed by atoms with van der Waals surface area (Å²) in [6, 6.07) is 16.2. The zero-order valence-electron chi connectivity index (χ0n) is 15.9. The Bertz CT molecular complexity index is 1050. The van der Waals surface area contributed by atoms with E-state index in [4.69, 9.17) is 4.74 Å². The van der Waals surface area contributed by atoms with Crippen molar-refractivity contribution in [3.05, 3.63) is 75.8 Å². The Balaban J connectivity index is 1.76. The predicted molar refractivity (Wildman–Crippen MR) is 109 cm³/mol. The number of amides is 1. The average molecular weight is 379 g/mol. The quantitative estimate of drug-likeness (QED) is 0.521. The molecule has 0 aliphatic rings. The Kier molecular flexibility index (Phi) is 5.44. The molecule has 0 radical (unpaired) electrons. The van der Waals surface area contributed by atoms with Crippen LogP contribution in [0.1, 0.15) is 15.9 Å². The number of fused-ring (bicyclic) bond motifs is 1. The Labute approximate surface area is 162 Å². The molecule has 0 unspecified atom stereocenters. The highest BCUT2D eigenvalue weighted by Gasteiger charge is 2.18. The molecule has 0 aliphatic heterocycles. The molecule has 0 saturated heterocycles. The van der Waals surface area contributed by atoms with Gasteiger partial charge >= 0.3 is 0 Å². The van der Waals surface area contributed by atoms with Gasteiger partial charge in [-0.15, -0.1) is 0 Å². The minimum atomic E-state index is -0.482. The lowest BCUT2D eigenvalue weighted by atomic mass is 10.1. The maximum absolute atomic E-state index is 12.5. The van der Waals surface area contributed by atoms with E-state index >= 15 is 0 Å². The fourth-order valence-electron chi connectivity index (χ4n) is 2.98. The van der Waals surface area contributed by atoms with Crippen LogP contribution in [0.2, 0.25) is 0 Å². The highest BCUT2D eigenvalue weighted by atomic mass is 16.6. The van der Waals surface area contributed by atoms with Gasteiger partial charge in [0.05, 0.1) is 12.0 Å². The lowest BCUT2D eigenvalue weighted by Gasteiger charge is -2.13. The molecule has 3 aromatic carbocycles. The van der Waals surface area contributed by atoms with Crippen molar-refractivity contribution in [2.45, 2.75) is 6.54 Å². The van der Waals surface area contributed by atoms with E-state index in [1.165, 1.54) is 6.07 Å². The Hall–Kier alpha value is -3.61. The van der Waals surface area contributed by atoms with Gasteiger partial charge in [0.25, 0.3) is 11.6 Å². The van der Waals surface area contributed by atoms with Gasteiger partial charge in [-0.05, 0) is 46.7 Å². The molecule has 7 nitrogen and oxygen atoms in total. The number of carbonyl (C=O) groups excluding carboxylic acids is 1. The van der Waals surface area contributed by atoms with Crippen molar-refractivity contribution in [1.82, 2.24) is 5.32 Å². The molecular formula is C21H21N3O4. The summed E-state index contributed by atoms with van der Waals surface area (Å²) in [5.74, 6) is 0.430. The lowest BCUT2D eigenvalue weighted by Crippen LogP contribution is -2.23. The molecule has 0 fully saturated rings. The molecule has 144 valence electrons. The fraction of sp³-hybridized carbons (Fsp3) is 0.190. The van der Waals surface area contributed by atoms with Crippen LogP contribution < -0.4 is 15.0 Å². The van der Waals surface area contributed by atoms with E-state index in [9.17, 15) is 14.9 Å².